The second-order valence-corrected chi connectivity index (χ2v) is 7.31. The summed E-state index contributed by atoms with van der Waals surface area (Å²) in [6.45, 7) is 3.64. The Hall–Kier alpha value is -2.37. The number of fused-ring (bicyclic) bond motifs is 1. The van der Waals surface area contributed by atoms with Gasteiger partial charge in [-0.05, 0) is 43.4 Å². The van der Waals surface area contributed by atoms with Gasteiger partial charge >= 0.3 is 0 Å². The number of aromatic nitrogens is 1. The van der Waals surface area contributed by atoms with Crippen LogP contribution in [0, 0.1) is 47.2 Å². The van der Waals surface area contributed by atoms with Crippen molar-refractivity contribution in [1.29, 1.82) is 5.26 Å². The van der Waals surface area contributed by atoms with Gasteiger partial charge in [-0.25, -0.2) is 9.37 Å². The van der Waals surface area contributed by atoms with Gasteiger partial charge in [0.2, 0.25) is 0 Å². The molecule has 2 aromatic rings. The minimum atomic E-state index is -0.363. The third-order valence-electron chi connectivity index (χ3n) is 4.58. The smallest absolute Gasteiger partial charge is 0.126 e. The Bertz CT molecular complexity index is 886. The predicted octanol–water partition coefficient (Wildman–Crippen LogP) is 3.34. The maximum Gasteiger partial charge on any atom is 0.126 e. The zero-order chi connectivity index (χ0) is 16.0. The Kier molecular flexibility index (Phi) is 3.14. The topological polar surface area (TPSA) is 39.9 Å². The number of halogens is 1. The van der Waals surface area contributed by atoms with Gasteiger partial charge in [-0.15, -0.1) is 11.3 Å². The van der Waals surface area contributed by atoms with Gasteiger partial charge < -0.3 is 4.90 Å². The number of anilines is 1. The van der Waals surface area contributed by atoms with Crippen molar-refractivity contribution in [2.45, 2.75) is 13.3 Å². The van der Waals surface area contributed by atoms with Crippen LogP contribution in [0.3, 0.4) is 0 Å². The molecule has 1 saturated carbocycles. The number of hydrogen-bond donors (Lipinski definition) is 0. The number of thiazole rings is 1. The Morgan fingerprint density at radius 1 is 1.43 bits per heavy atom. The fourth-order valence-electron chi connectivity index (χ4n) is 3.30. The maximum absolute atomic E-state index is 13.6. The Labute approximate surface area is 138 Å². The lowest BCUT2D eigenvalue weighted by Gasteiger charge is -2.21. The first-order valence-electron chi connectivity index (χ1n) is 7.49. The normalized spacial score (nSPS) is 24.6. The SMILES string of the molecule is Cc1nc(C#CC23CC2CN(c2cc(F)cc(C#N)c2)C3)cs1. The molecule has 0 bridgehead atoms. The number of nitriles is 1. The summed E-state index contributed by atoms with van der Waals surface area (Å²) in [7, 11) is 0. The van der Waals surface area contributed by atoms with E-state index in [1.54, 1.807) is 17.4 Å². The summed E-state index contributed by atoms with van der Waals surface area (Å²) in [5.41, 5.74) is 1.98. The van der Waals surface area contributed by atoms with Crippen LogP contribution in [0.25, 0.3) is 0 Å². The molecule has 1 aliphatic carbocycles. The first-order valence-corrected chi connectivity index (χ1v) is 8.37. The Morgan fingerprint density at radius 2 is 2.30 bits per heavy atom. The highest BCUT2D eigenvalue weighted by atomic mass is 32.1. The molecule has 2 unspecified atom stereocenters. The molecule has 114 valence electrons. The minimum Gasteiger partial charge on any atom is -0.370 e. The molecule has 3 nitrogen and oxygen atoms in total. The zero-order valence-corrected chi connectivity index (χ0v) is 13.5. The summed E-state index contributed by atoms with van der Waals surface area (Å²) in [5, 5.41) is 12.0. The molecule has 1 aromatic carbocycles. The highest BCUT2D eigenvalue weighted by Crippen LogP contribution is 2.58. The van der Waals surface area contributed by atoms with Gasteiger partial charge in [0, 0.05) is 24.2 Å². The predicted molar refractivity (Wildman–Crippen MR) is 87.6 cm³/mol. The van der Waals surface area contributed by atoms with Gasteiger partial charge in [0.25, 0.3) is 0 Å². The van der Waals surface area contributed by atoms with E-state index in [2.05, 4.69) is 21.7 Å². The van der Waals surface area contributed by atoms with Gasteiger partial charge in [0.1, 0.15) is 11.5 Å². The average Bonchev–Trinajstić information content (AvgIpc) is 2.88. The van der Waals surface area contributed by atoms with Crippen molar-refractivity contribution in [1.82, 2.24) is 4.98 Å². The molecule has 2 aliphatic rings. The number of hydrogen-bond acceptors (Lipinski definition) is 4. The molecule has 4 rings (SSSR count). The van der Waals surface area contributed by atoms with Crippen molar-refractivity contribution in [3.8, 4) is 17.9 Å². The van der Waals surface area contributed by atoms with Crippen LogP contribution in [0.5, 0.6) is 0 Å². The Morgan fingerprint density at radius 3 is 3.04 bits per heavy atom. The van der Waals surface area contributed by atoms with E-state index >= 15 is 0 Å². The van der Waals surface area contributed by atoms with Crippen molar-refractivity contribution >= 4 is 17.0 Å². The van der Waals surface area contributed by atoms with Crippen LogP contribution in [-0.2, 0) is 0 Å². The van der Waals surface area contributed by atoms with Crippen molar-refractivity contribution in [2.75, 3.05) is 18.0 Å². The molecule has 5 heteroatoms. The van der Waals surface area contributed by atoms with Crippen LogP contribution in [0.15, 0.2) is 23.6 Å². The summed E-state index contributed by atoms with van der Waals surface area (Å²) < 4.78 is 13.6. The average molecular weight is 323 g/mol. The highest BCUT2D eigenvalue weighted by Gasteiger charge is 2.59. The van der Waals surface area contributed by atoms with E-state index in [4.69, 9.17) is 5.26 Å². The molecule has 0 amide bonds. The fraction of sp³-hybridized carbons (Fsp3) is 0.333. The number of benzene rings is 1. The molecule has 1 saturated heterocycles. The van der Waals surface area contributed by atoms with E-state index in [1.807, 2.05) is 18.4 Å². The van der Waals surface area contributed by atoms with E-state index in [-0.39, 0.29) is 11.2 Å². The standard InChI is InChI=1S/C18H14FN3S/c1-12-21-16(10-23-12)2-3-18-7-14(18)9-22(11-18)17-5-13(8-20)4-15(19)6-17/h4-6,10,14H,7,9,11H2,1H3. The lowest BCUT2D eigenvalue weighted by atomic mass is 10.1. The lowest BCUT2D eigenvalue weighted by Crippen LogP contribution is -2.24. The Balaban J connectivity index is 1.55. The van der Waals surface area contributed by atoms with Gasteiger partial charge in [-0.1, -0.05) is 5.92 Å². The van der Waals surface area contributed by atoms with Gasteiger partial charge in [0.05, 0.1) is 22.1 Å². The zero-order valence-electron chi connectivity index (χ0n) is 12.6. The summed E-state index contributed by atoms with van der Waals surface area (Å²) in [5.74, 6) is 6.76. The molecular formula is C18H14FN3S. The molecule has 1 aliphatic heterocycles. The molecule has 2 fully saturated rings. The van der Waals surface area contributed by atoms with Crippen molar-refractivity contribution < 1.29 is 4.39 Å². The molecule has 1 aromatic heterocycles. The van der Waals surface area contributed by atoms with Crippen LogP contribution < -0.4 is 4.90 Å². The van der Waals surface area contributed by atoms with E-state index in [1.165, 1.54) is 12.1 Å². The summed E-state index contributed by atoms with van der Waals surface area (Å²) >= 11 is 1.61. The van der Waals surface area contributed by atoms with Crippen LogP contribution >= 0.6 is 11.3 Å². The highest BCUT2D eigenvalue weighted by molar-refractivity contribution is 7.09. The molecular weight excluding hydrogens is 309 g/mol. The quantitative estimate of drug-likeness (QED) is 0.756. The second kappa shape index (κ2) is 5.08. The van der Waals surface area contributed by atoms with Crippen molar-refractivity contribution in [3.05, 3.63) is 45.7 Å². The molecule has 2 heterocycles. The number of piperidine rings is 1. The first kappa shape index (κ1) is 14.2. The summed E-state index contributed by atoms with van der Waals surface area (Å²) in [6.07, 6.45) is 1.10. The van der Waals surface area contributed by atoms with Crippen LogP contribution in [0.4, 0.5) is 10.1 Å². The molecule has 23 heavy (non-hydrogen) atoms. The third kappa shape index (κ3) is 2.58. The van der Waals surface area contributed by atoms with Crippen molar-refractivity contribution in [3.63, 3.8) is 0 Å². The van der Waals surface area contributed by atoms with E-state index in [0.29, 0.717) is 11.5 Å². The van der Waals surface area contributed by atoms with Crippen molar-refractivity contribution in [2.24, 2.45) is 11.3 Å². The monoisotopic (exact) mass is 323 g/mol. The minimum absolute atomic E-state index is 0.0106. The summed E-state index contributed by atoms with van der Waals surface area (Å²) in [4.78, 5) is 6.52. The third-order valence-corrected chi connectivity index (χ3v) is 5.35. The van der Waals surface area contributed by atoms with Gasteiger partial charge in [0.15, 0.2) is 0 Å². The number of aryl methyl sites for hydroxylation is 1. The number of nitrogens with zero attached hydrogens (tertiary/aromatic N) is 3. The van der Waals surface area contributed by atoms with Gasteiger partial charge in [-0.2, -0.15) is 5.26 Å². The van der Waals surface area contributed by atoms with Gasteiger partial charge in [-0.3, -0.25) is 0 Å². The van der Waals surface area contributed by atoms with E-state index in [0.717, 1.165) is 35.9 Å². The number of rotatable bonds is 1. The molecule has 0 N–H and O–H groups in total. The lowest BCUT2D eigenvalue weighted by molar-refractivity contribution is 0.625. The maximum atomic E-state index is 13.6. The van der Waals surface area contributed by atoms with Crippen LogP contribution in [-0.4, -0.2) is 18.1 Å². The summed E-state index contributed by atoms with van der Waals surface area (Å²) in [6, 6.07) is 6.52. The largest absolute Gasteiger partial charge is 0.370 e. The molecule has 0 radical (unpaired) electrons. The first-order chi connectivity index (χ1) is 11.1. The fourth-order valence-corrected chi connectivity index (χ4v) is 3.85. The van der Waals surface area contributed by atoms with Crippen LogP contribution in [0.2, 0.25) is 0 Å². The molecule has 2 atom stereocenters. The second-order valence-electron chi connectivity index (χ2n) is 6.25. The van der Waals surface area contributed by atoms with Crippen LogP contribution in [0.1, 0.15) is 22.7 Å². The molecule has 0 spiro atoms. The van der Waals surface area contributed by atoms with E-state index in [9.17, 15) is 4.39 Å². The van der Waals surface area contributed by atoms with E-state index < -0.39 is 0 Å².